The van der Waals surface area contributed by atoms with Crippen LogP contribution in [0.5, 0.6) is 5.75 Å². The summed E-state index contributed by atoms with van der Waals surface area (Å²) < 4.78 is 0. The van der Waals surface area contributed by atoms with Gasteiger partial charge in [-0.3, -0.25) is 0 Å². The Balaban J connectivity index is 2.35. The molecule has 3 aromatic rings. The van der Waals surface area contributed by atoms with E-state index in [1.807, 2.05) is 30.3 Å². The van der Waals surface area contributed by atoms with Crippen LogP contribution in [0.2, 0.25) is 0 Å². The Kier molecular flexibility index (Phi) is 2.75. The van der Waals surface area contributed by atoms with E-state index in [1.165, 1.54) is 16.5 Å². The summed E-state index contributed by atoms with van der Waals surface area (Å²) in [5.74, 6) is 0.313. The molecule has 3 rings (SSSR count). The zero-order valence-corrected chi connectivity index (χ0v) is 11.1. The van der Waals surface area contributed by atoms with Gasteiger partial charge in [0.25, 0.3) is 0 Å². The average Bonchev–Trinajstić information content (AvgIpc) is 2.36. The fourth-order valence-electron chi connectivity index (χ4n) is 2.66. The Morgan fingerprint density at radius 3 is 2.21 bits per heavy atom. The van der Waals surface area contributed by atoms with Gasteiger partial charge in [-0.2, -0.15) is 0 Å². The van der Waals surface area contributed by atoms with Gasteiger partial charge >= 0.3 is 0 Å². The molecule has 0 unspecified atom stereocenters. The lowest BCUT2D eigenvalue weighted by Crippen LogP contribution is -1.85. The van der Waals surface area contributed by atoms with Crippen LogP contribution in [-0.4, -0.2) is 5.11 Å². The SMILES string of the molecule is Cc1cc(C)cc(-c2cc(O)cc3ccccc23)c1. The highest BCUT2D eigenvalue weighted by atomic mass is 16.3. The second-order valence-corrected chi connectivity index (χ2v) is 5.09. The van der Waals surface area contributed by atoms with Gasteiger partial charge in [-0.05, 0) is 47.9 Å². The lowest BCUT2D eigenvalue weighted by molar-refractivity contribution is 0.476. The summed E-state index contributed by atoms with van der Waals surface area (Å²) >= 11 is 0. The number of phenolic OH excluding ortho intramolecular Hbond substituents is 1. The molecule has 0 saturated heterocycles. The summed E-state index contributed by atoms with van der Waals surface area (Å²) in [4.78, 5) is 0. The summed E-state index contributed by atoms with van der Waals surface area (Å²) in [6, 6.07) is 18.3. The van der Waals surface area contributed by atoms with Crippen molar-refractivity contribution in [3.05, 3.63) is 65.7 Å². The quantitative estimate of drug-likeness (QED) is 0.654. The Hall–Kier alpha value is -2.28. The summed E-state index contributed by atoms with van der Waals surface area (Å²) in [6.07, 6.45) is 0. The molecule has 1 nitrogen and oxygen atoms in total. The van der Waals surface area contributed by atoms with E-state index in [0.717, 1.165) is 16.5 Å². The zero-order valence-electron chi connectivity index (χ0n) is 11.1. The van der Waals surface area contributed by atoms with Gasteiger partial charge in [0.2, 0.25) is 0 Å². The smallest absolute Gasteiger partial charge is 0.116 e. The molecule has 0 spiro atoms. The fraction of sp³-hybridized carbons (Fsp3) is 0.111. The molecule has 0 aliphatic carbocycles. The minimum absolute atomic E-state index is 0.313. The molecule has 1 N–H and O–H groups in total. The highest BCUT2D eigenvalue weighted by Crippen LogP contribution is 2.33. The number of hydrogen-bond donors (Lipinski definition) is 1. The minimum atomic E-state index is 0.313. The van der Waals surface area contributed by atoms with Crippen LogP contribution < -0.4 is 0 Å². The van der Waals surface area contributed by atoms with Crippen molar-refractivity contribution >= 4 is 10.8 Å². The summed E-state index contributed by atoms with van der Waals surface area (Å²) in [5, 5.41) is 12.1. The van der Waals surface area contributed by atoms with Gasteiger partial charge in [0.15, 0.2) is 0 Å². The molecule has 0 aromatic heterocycles. The minimum Gasteiger partial charge on any atom is -0.508 e. The lowest BCUT2D eigenvalue weighted by Gasteiger charge is -2.10. The molecule has 0 saturated carbocycles. The first-order chi connectivity index (χ1) is 9.13. The molecule has 19 heavy (non-hydrogen) atoms. The number of fused-ring (bicyclic) bond motifs is 1. The van der Waals surface area contributed by atoms with E-state index >= 15 is 0 Å². The highest BCUT2D eigenvalue weighted by molar-refractivity contribution is 5.98. The van der Waals surface area contributed by atoms with Gasteiger partial charge in [0, 0.05) is 0 Å². The number of benzene rings is 3. The third-order valence-electron chi connectivity index (χ3n) is 3.38. The average molecular weight is 248 g/mol. The molecule has 0 aliphatic rings. The maximum atomic E-state index is 9.91. The number of hydrogen-bond acceptors (Lipinski definition) is 1. The van der Waals surface area contributed by atoms with Crippen molar-refractivity contribution in [3.63, 3.8) is 0 Å². The van der Waals surface area contributed by atoms with Crippen molar-refractivity contribution in [2.45, 2.75) is 13.8 Å². The largest absolute Gasteiger partial charge is 0.508 e. The van der Waals surface area contributed by atoms with E-state index < -0.39 is 0 Å². The Bertz CT molecular complexity index is 736. The Labute approximate surface area is 113 Å². The van der Waals surface area contributed by atoms with Crippen molar-refractivity contribution in [1.29, 1.82) is 0 Å². The first-order valence-electron chi connectivity index (χ1n) is 6.44. The van der Waals surface area contributed by atoms with Crippen LogP contribution >= 0.6 is 0 Å². The molecule has 1 heteroatoms. The third-order valence-corrected chi connectivity index (χ3v) is 3.38. The Morgan fingerprint density at radius 2 is 1.47 bits per heavy atom. The molecule has 3 aromatic carbocycles. The summed E-state index contributed by atoms with van der Waals surface area (Å²) in [6.45, 7) is 4.20. The van der Waals surface area contributed by atoms with E-state index in [1.54, 1.807) is 0 Å². The van der Waals surface area contributed by atoms with Crippen LogP contribution in [0.3, 0.4) is 0 Å². The van der Waals surface area contributed by atoms with E-state index in [0.29, 0.717) is 5.75 Å². The van der Waals surface area contributed by atoms with E-state index in [4.69, 9.17) is 0 Å². The van der Waals surface area contributed by atoms with Crippen LogP contribution in [0.25, 0.3) is 21.9 Å². The van der Waals surface area contributed by atoms with Crippen molar-refractivity contribution in [2.75, 3.05) is 0 Å². The molecule has 0 bridgehead atoms. The van der Waals surface area contributed by atoms with Crippen LogP contribution in [0, 0.1) is 13.8 Å². The first kappa shape index (κ1) is 11.8. The first-order valence-corrected chi connectivity index (χ1v) is 6.44. The van der Waals surface area contributed by atoms with Gasteiger partial charge < -0.3 is 5.11 Å². The monoisotopic (exact) mass is 248 g/mol. The van der Waals surface area contributed by atoms with E-state index in [9.17, 15) is 5.11 Å². The fourth-order valence-corrected chi connectivity index (χ4v) is 2.66. The molecular formula is C18H16O. The number of rotatable bonds is 1. The topological polar surface area (TPSA) is 20.2 Å². The van der Waals surface area contributed by atoms with Crippen LogP contribution in [-0.2, 0) is 0 Å². The van der Waals surface area contributed by atoms with Crippen LogP contribution in [0.1, 0.15) is 11.1 Å². The molecule has 0 heterocycles. The van der Waals surface area contributed by atoms with E-state index in [-0.39, 0.29) is 0 Å². The predicted molar refractivity (Wildman–Crippen MR) is 80.5 cm³/mol. The van der Waals surface area contributed by atoms with Gasteiger partial charge in [0.05, 0.1) is 0 Å². The van der Waals surface area contributed by atoms with Gasteiger partial charge in [0.1, 0.15) is 5.75 Å². The van der Waals surface area contributed by atoms with Gasteiger partial charge in [-0.15, -0.1) is 0 Å². The van der Waals surface area contributed by atoms with Gasteiger partial charge in [-0.1, -0.05) is 53.6 Å². The van der Waals surface area contributed by atoms with E-state index in [2.05, 4.69) is 38.1 Å². The molecule has 0 radical (unpaired) electrons. The zero-order chi connectivity index (χ0) is 13.4. The van der Waals surface area contributed by atoms with Gasteiger partial charge in [-0.25, -0.2) is 0 Å². The number of aromatic hydroxyl groups is 1. The normalized spacial score (nSPS) is 10.8. The molecule has 94 valence electrons. The van der Waals surface area contributed by atoms with Crippen LogP contribution in [0.4, 0.5) is 0 Å². The number of aryl methyl sites for hydroxylation is 2. The lowest BCUT2D eigenvalue weighted by atomic mass is 9.95. The second-order valence-electron chi connectivity index (χ2n) is 5.09. The third kappa shape index (κ3) is 2.19. The number of phenols is 1. The molecule has 0 fully saturated rings. The van der Waals surface area contributed by atoms with Crippen molar-refractivity contribution in [2.24, 2.45) is 0 Å². The van der Waals surface area contributed by atoms with Crippen LogP contribution in [0.15, 0.2) is 54.6 Å². The highest BCUT2D eigenvalue weighted by Gasteiger charge is 2.06. The Morgan fingerprint density at radius 1 is 0.789 bits per heavy atom. The maximum absolute atomic E-state index is 9.91. The second kappa shape index (κ2) is 4.43. The summed E-state index contributed by atoms with van der Waals surface area (Å²) in [5.41, 5.74) is 4.72. The molecule has 0 aliphatic heterocycles. The molecule has 0 atom stereocenters. The standard InChI is InChI=1S/C18H16O/c1-12-7-13(2)9-15(8-12)18-11-16(19)10-14-5-3-4-6-17(14)18/h3-11,19H,1-2H3. The van der Waals surface area contributed by atoms with Crippen molar-refractivity contribution < 1.29 is 5.11 Å². The summed E-state index contributed by atoms with van der Waals surface area (Å²) in [7, 11) is 0. The maximum Gasteiger partial charge on any atom is 0.116 e. The van der Waals surface area contributed by atoms with Crippen molar-refractivity contribution in [1.82, 2.24) is 0 Å². The van der Waals surface area contributed by atoms with Crippen molar-refractivity contribution in [3.8, 4) is 16.9 Å². The molecule has 0 amide bonds. The predicted octanol–water partition coefficient (Wildman–Crippen LogP) is 4.83. The molecular weight excluding hydrogens is 232 g/mol.